The van der Waals surface area contributed by atoms with Crippen LogP contribution < -0.4 is 0 Å². The van der Waals surface area contributed by atoms with E-state index in [0.717, 1.165) is 0 Å². The van der Waals surface area contributed by atoms with E-state index in [9.17, 15) is 9.18 Å². The molecular weight excluding hydrogens is 207 g/mol. The third-order valence-corrected chi connectivity index (χ3v) is 2.49. The van der Waals surface area contributed by atoms with Gasteiger partial charge in [-0.25, -0.2) is 9.38 Å². The lowest BCUT2D eigenvalue weighted by Gasteiger charge is -2.06. The van der Waals surface area contributed by atoms with E-state index >= 15 is 0 Å². The summed E-state index contributed by atoms with van der Waals surface area (Å²) < 4.78 is 13.3. The number of benzene rings is 1. The summed E-state index contributed by atoms with van der Waals surface area (Å²) in [5.74, 6) is 0.0542. The molecule has 3 nitrogen and oxygen atoms in total. The van der Waals surface area contributed by atoms with Crippen LogP contribution in [-0.4, -0.2) is 23.7 Å². The smallest absolute Gasteiger partial charge is 0.277 e. The fraction of sp³-hybridized carbons (Fsp3) is 0.167. The van der Waals surface area contributed by atoms with Gasteiger partial charge in [0.2, 0.25) is 0 Å². The second-order valence-corrected chi connectivity index (χ2v) is 3.57. The quantitative estimate of drug-likeness (QED) is 0.664. The Bertz CT molecular complexity index is 505. The molecule has 0 fully saturated rings. The molecule has 0 N–H and O–H groups in total. The van der Waals surface area contributed by atoms with Crippen LogP contribution in [0.4, 0.5) is 4.39 Å². The molecular formula is C12H11FN2O. The predicted octanol–water partition coefficient (Wildman–Crippen LogP) is 2.06. The Hall–Kier alpha value is -1.97. The van der Waals surface area contributed by atoms with E-state index in [4.69, 9.17) is 0 Å². The second kappa shape index (κ2) is 3.89. The zero-order valence-corrected chi connectivity index (χ0v) is 9.07. The van der Waals surface area contributed by atoms with Crippen molar-refractivity contribution in [1.29, 1.82) is 0 Å². The summed E-state index contributed by atoms with van der Waals surface area (Å²) in [7, 11) is 1.64. The molecule has 0 saturated carbocycles. The van der Waals surface area contributed by atoms with Crippen LogP contribution in [0.15, 0.2) is 35.0 Å². The minimum absolute atomic E-state index is 0.208. The lowest BCUT2D eigenvalue weighted by molar-refractivity contribution is -0.121. The number of amidine groups is 1. The van der Waals surface area contributed by atoms with Crippen molar-refractivity contribution in [1.82, 2.24) is 4.90 Å². The van der Waals surface area contributed by atoms with Crippen molar-refractivity contribution < 1.29 is 9.18 Å². The standard InChI is InChI=1S/C12H11FN2O/c1-8-14-11(12(16)15(8)2)7-9-5-3-4-6-10(9)13/h3-7H,1-2H3/b11-7-. The Morgan fingerprint density at radius 2 is 2.06 bits per heavy atom. The highest BCUT2D eigenvalue weighted by Crippen LogP contribution is 2.18. The van der Waals surface area contributed by atoms with Gasteiger partial charge in [-0.3, -0.25) is 9.69 Å². The summed E-state index contributed by atoms with van der Waals surface area (Å²) >= 11 is 0. The molecule has 16 heavy (non-hydrogen) atoms. The van der Waals surface area contributed by atoms with Crippen LogP contribution in [0.1, 0.15) is 12.5 Å². The first kappa shape index (κ1) is 10.5. The summed E-state index contributed by atoms with van der Waals surface area (Å²) in [6, 6.07) is 6.29. The SMILES string of the molecule is CC1=N/C(=C\c2ccccc2F)C(=O)N1C. The molecule has 4 heteroatoms. The van der Waals surface area contributed by atoms with Crippen LogP contribution in [-0.2, 0) is 4.79 Å². The zero-order chi connectivity index (χ0) is 11.7. The first-order chi connectivity index (χ1) is 7.59. The highest BCUT2D eigenvalue weighted by atomic mass is 19.1. The number of halogens is 1. The Morgan fingerprint density at radius 3 is 2.62 bits per heavy atom. The number of amides is 1. The number of carbonyl (C=O) groups is 1. The van der Waals surface area contributed by atoms with E-state index < -0.39 is 0 Å². The predicted molar refractivity (Wildman–Crippen MR) is 60.3 cm³/mol. The van der Waals surface area contributed by atoms with Crippen LogP contribution in [0.5, 0.6) is 0 Å². The molecule has 1 heterocycles. The number of nitrogens with zero attached hydrogens (tertiary/aromatic N) is 2. The molecule has 0 radical (unpaired) electrons. The average molecular weight is 218 g/mol. The van der Waals surface area contributed by atoms with Gasteiger partial charge in [-0.1, -0.05) is 18.2 Å². The van der Waals surface area contributed by atoms with Gasteiger partial charge in [0.1, 0.15) is 17.3 Å². The van der Waals surface area contributed by atoms with Crippen LogP contribution in [0.25, 0.3) is 6.08 Å². The van der Waals surface area contributed by atoms with E-state index in [2.05, 4.69) is 4.99 Å². The molecule has 82 valence electrons. The van der Waals surface area contributed by atoms with E-state index in [0.29, 0.717) is 11.4 Å². The Morgan fingerprint density at radius 1 is 1.38 bits per heavy atom. The fourth-order valence-electron chi connectivity index (χ4n) is 1.45. The van der Waals surface area contributed by atoms with Crippen LogP contribution >= 0.6 is 0 Å². The van der Waals surface area contributed by atoms with Gasteiger partial charge >= 0.3 is 0 Å². The van der Waals surface area contributed by atoms with Crippen molar-refractivity contribution in [2.45, 2.75) is 6.92 Å². The first-order valence-corrected chi connectivity index (χ1v) is 4.89. The number of carbonyl (C=O) groups excluding carboxylic acids is 1. The monoisotopic (exact) mass is 218 g/mol. The average Bonchev–Trinajstić information content (AvgIpc) is 2.50. The van der Waals surface area contributed by atoms with Gasteiger partial charge in [0.25, 0.3) is 5.91 Å². The molecule has 1 amide bonds. The third-order valence-electron chi connectivity index (χ3n) is 2.49. The normalized spacial score (nSPS) is 18.2. The topological polar surface area (TPSA) is 32.7 Å². The van der Waals surface area contributed by atoms with Gasteiger partial charge < -0.3 is 0 Å². The maximum absolute atomic E-state index is 13.3. The summed E-state index contributed by atoms with van der Waals surface area (Å²) in [4.78, 5) is 17.2. The molecule has 2 rings (SSSR count). The molecule has 0 unspecified atom stereocenters. The van der Waals surface area contributed by atoms with Gasteiger partial charge in [0, 0.05) is 12.6 Å². The van der Waals surface area contributed by atoms with E-state index in [1.165, 1.54) is 17.0 Å². The number of hydrogen-bond acceptors (Lipinski definition) is 2. The number of hydrogen-bond donors (Lipinski definition) is 0. The van der Waals surface area contributed by atoms with Crippen molar-refractivity contribution in [3.63, 3.8) is 0 Å². The van der Waals surface area contributed by atoms with Crippen molar-refractivity contribution in [3.8, 4) is 0 Å². The van der Waals surface area contributed by atoms with Crippen molar-refractivity contribution in [2.24, 2.45) is 4.99 Å². The minimum atomic E-state index is -0.356. The molecule has 0 aromatic heterocycles. The van der Waals surface area contributed by atoms with Crippen LogP contribution in [0.3, 0.4) is 0 Å². The first-order valence-electron chi connectivity index (χ1n) is 4.89. The molecule has 1 aromatic carbocycles. The maximum atomic E-state index is 13.3. The Kier molecular flexibility index (Phi) is 2.56. The molecule has 0 saturated heterocycles. The van der Waals surface area contributed by atoms with Gasteiger partial charge in [-0.15, -0.1) is 0 Å². The zero-order valence-electron chi connectivity index (χ0n) is 9.07. The van der Waals surface area contributed by atoms with E-state index in [1.807, 2.05) is 0 Å². The fourth-order valence-corrected chi connectivity index (χ4v) is 1.45. The summed E-state index contributed by atoms with van der Waals surface area (Å²) in [5, 5.41) is 0. The van der Waals surface area contributed by atoms with Gasteiger partial charge in [-0.2, -0.15) is 0 Å². The van der Waals surface area contributed by atoms with Gasteiger partial charge in [0.15, 0.2) is 0 Å². The largest absolute Gasteiger partial charge is 0.298 e. The summed E-state index contributed by atoms with van der Waals surface area (Å²) in [5.41, 5.74) is 0.641. The summed E-state index contributed by atoms with van der Waals surface area (Å²) in [6.45, 7) is 1.74. The molecule has 0 bridgehead atoms. The third kappa shape index (κ3) is 1.74. The van der Waals surface area contributed by atoms with Crippen molar-refractivity contribution in [2.75, 3.05) is 7.05 Å². The van der Waals surface area contributed by atoms with Gasteiger partial charge in [-0.05, 0) is 19.1 Å². The minimum Gasteiger partial charge on any atom is -0.298 e. The number of aliphatic imine (C=N–C) groups is 1. The van der Waals surface area contributed by atoms with E-state index in [-0.39, 0.29) is 17.4 Å². The van der Waals surface area contributed by atoms with Crippen LogP contribution in [0, 0.1) is 5.82 Å². The van der Waals surface area contributed by atoms with Crippen molar-refractivity contribution >= 4 is 17.8 Å². The summed E-state index contributed by atoms with van der Waals surface area (Å²) in [6.07, 6.45) is 1.46. The molecule has 0 aliphatic carbocycles. The highest BCUT2D eigenvalue weighted by Gasteiger charge is 2.23. The molecule has 1 aliphatic rings. The lowest BCUT2D eigenvalue weighted by atomic mass is 10.2. The highest BCUT2D eigenvalue weighted by molar-refractivity contribution is 6.13. The molecule has 1 aliphatic heterocycles. The molecule has 0 atom stereocenters. The maximum Gasteiger partial charge on any atom is 0.277 e. The van der Waals surface area contributed by atoms with Crippen molar-refractivity contribution in [3.05, 3.63) is 41.3 Å². The number of rotatable bonds is 1. The van der Waals surface area contributed by atoms with Crippen LogP contribution in [0.2, 0.25) is 0 Å². The second-order valence-electron chi connectivity index (χ2n) is 3.57. The van der Waals surface area contributed by atoms with Gasteiger partial charge in [0.05, 0.1) is 0 Å². The lowest BCUT2D eigenvalue weighted by Crippen LogP contribution is -2.25. The number of likely N-dealkylation sites (N-methyl/N-ethyl adjacent to an activating group) is 1. The Labute approximate surface area is 92.9 Å². The van der Waals surface area contributed by atoms with E-state index in [1.54, 1.807) is 32.2 Å². The molecule has 1 aromatic rings. The Balaban J connectivity index is 2.41. The molecule has 0 spiro atoms.